The van der Waals surface area contributed by atoms with Crippen LogP contribution in [0.25, 0.3) is 0 Å². The molecule has 0 spiro atoms. The van der Waals surface area contributed by atoms with Crippen molar-refractivity contribution in [2.45, 2.75) is 232 Å². The van der Waals surface area contributed by atoms with Crippen LogP contribution in [0.5, 0.6) is 0 Å². The van der Waals surface area contributed by atoms with Crippen molar-refractivity contribution in [3.05, 3.63) is 134 Å². The third-order valence-electron chi connectivity index (χ3n) is 11.2. The molecule has 0 aliphatic rings. The number of carbonyl (C=O) groups is 3. The van der Waals surface area contributed by atoms with Gasteiger partial charge in [0.05, 0.1) is 0 Å². The number of unbranched alkanes of at least 4 members (excludes halogenated alkanes) is 16. The summed E-state index contributed by atoms with van der Waals surface area (Å²) in [6.45, 7) is 6.30. The lowest BCUT2D eigenvalue weighted by molar-refractivity contribution is -0.166. The molecule has 0 saturated carbocycles. The number of esters is 3. The molecule has 0 fully saturated rings. The molecule has 0 rings (SSSR count). The third-order valence-corrected chi connectivity index (χ3v) is 11.2. The van der Waals surface area contributed by atoms with Crippen LogP contribution in [0.3, 0.4) is 0 Å². The lowest BCUT2D eigenvalue weighted by atomic mass is 10.1. The Hall–Kier alpha value is -4.45. The van der Waals surface area contributed by atoms with Crippen LogP contribution in [0.15, 0.2) is 134 Å². The molecule has 1 atom stereocenters. The summed E-state index contributed by atoms with van der Waals surface area (Å²) in [6, 6.07) is 0. The second kappa shape index (κ2) is 56.1. The van der Waals surface area contributed by atoms with Gasteiger partial charge in [-0.1, -0.05) is 225 Å². The van der Waals surface area contributed by atoms with Crippen LogP contribution < -0.4 is 0 Å². The molecule has 0 saturated heterocycles. The van der Waals surface area contributed by atoms with Gasteiger partial charge in [0.15, 0.2) is 6.10 Å². The van der Waals surface area contributed by atoms with E-state index in [9.17, 15) is 14.4 Å². The lowest BCUT2D eigenvalue weighted by Gasteiger charge is -2.18. The molecule has 0 bridgehead atoms. The van der Waals surface area contributed by atoms with Crippen molar-refractivity contribution in [1.29, 1.82) is 0 Å². The monoisotopic (exact) mass is 953 g/mol. The van der Waals surface area contributed by atoms with Gasteiger partial charge in [0.1, 0.15) is 13.2 Å². The molecule has 388 valence electrons. The summed E-state index contributed by atoms with van der Waals surface area (Å²) in [5, 5.41) is 0. The molecule has 1 unspecified atom stereocenters. The van der Waals surface area contributed by atoms with Crippen LogP contribution >= 0.6 is 0 Å². The van der Waals surface area contributed by atoms with E-state index >= 15 is 0 Å². The Kier molecular flexibility index (Phi) is 52.5. The summed E-state index contributed by atoms with van der Waals surface area (Å²) in [6.07, 6.45) is 78.8. The van der Waals surface area contributed by atoms with Gasteiger partial charge in [-0.25, -0.2) is 0 Å². The van der Waals surface area contributed by atoms with E-state index < -0.39 is 6.10 Å². The molecule has 0 aliphatic heterocycles. The Bertz CT molecular complexity index is 1510. The van der Waals surface area contributed by atoms with Crippen LogP contribution in [-0.2, 0) is 28.6 Å². The van der Waals surface area contributed by atoms with E-state index in [1.807, 2.05) is 12.2 Å². The minimum Gasteiger partial charge on any atom is -0.462 e. The standard InChI is InChI=1S/C63H100O6/c1-4-7-10-13-16-19-22-25-28-30-32-34-35-38-41-44-47-50-53-56-62(65)68-59-60(58-67-61(64)55-52-49-46-43-40-37-27-24-21-18-15-12-9-6-3)69-63(66)57-54-51-48-45-42-39-36-33-31-29-26-23-20-17-14-11-8-5-2/h7,9-10,12,16,18-19,21,25,27-29,31-34,36-38,41,47,50,60H,4-6,8,11,13-15,17,20,22-24,26,30,35,39-40,42-46,48-49,51-59H2,1-3H3/b10-7-,12-9-,19-16-,21-18-,28-25-,31-29-,34-32-,36-33-,37-27-,41-38-,50-47-. The topological polar surface area (TPSA) is 78.9 Å². The highest BCUT2D eigenvalue weighted by atomic mass is 16.6. The quantitative estimate of drug-likeness (QED) is 0.0199. The smallest absolute Gasteiger partial charge is 0.306 e. The van der Waals surface area contributed by atoms with E-state index in [4.69, 9.17) is 14.2 Å². The van der Waals surface area contributed by atoms with Crippen LogP contribution in [0.2, 0.25) is 0 Å². The zero-order valence-electron chi connectivity index (χ0n) is 44.3. The molecule has 0 N–H and O–H groups in total. The molecule has 0 aromatic carbocycles. The van der Waals surface area contributed by atoms with Crippen LogP contribution in [0.4, 0.5) is 0 Å². The molecule has 0 heterocycles. The van der Waals surface area contributed by atoms with Crippen molar-refractivity contribution in [2.75, 3.05) is 13.2 Å². The van der Waals surface area contributed by atoms with Crippen LogP contribution in [0, 0.1) is 0 Å². The highest BCUT2D eigenvalue weighted by molar-refractivity contribution is 5.71. The van der Waals surface area contributed by atoms with Gasteiger partial charge in [-0.05, 0) is 116 Å². The van der Waals surface area contributed by atoms with E-state index in [0.717, 1.165) is 128 Å². The number of hydrogen-bond donors (Lipinski definition) is 0. The Morgan fingerprint density at radius 3 is 1.06 bits per heavy atom. The summed E-state index contributed by atoms with van der Waals surface area (Å²) in [5.74, 6) is -1.05. The highest BCUT2D eigenvalue weighted by Gasteiger charge is 2.19. The summed E-state index contributed by atoms with van der Waals surface area (Å²) in [7, 11) is 0. The van der Waals surface area contributed by atoms with E-state index in [1.165, 1.54) is 51.4 Å². The van der Waals surface area contributed by atoms with E-state index in [1.54, 1.807) is 0 Å². The van der Waals surface area contributed by atoms with E-state index in [2.05, 4.69) is 142 Å². The van der Waals surface area contributed by atoms with Crippen molar-refractivity contribution in [1.82, 2.24) is 0 Å². The maximum atomic E-state index is 12.8. The van der Waals surface area contributed by atoms with Crippen LogP contribution in [0.1, 0.15) is 226 Å². The van der Waals surface area contributed by atoms with E-state index in [-0.39, 0.29) is 44.0 Å². The van der Waals surface area contributed by atoms with Crippen LogP contribution in [-0.4, -0.2) is 37.2 Å². The van der Waals surface area contributed by atoms with Gasteiger partial charge < -0.3 is 14.2 Å². The fourth-order valence-corrected chi connectivity index (χ4v) is 7.06. The first-order valence-corrected chi connectivity index (χ1v) is 27.7. The first-order valence-electron chi connectivity index (χ1n) is 27.7. The molecule has 6 nitrogen and oxygen atoms in total. The fraction of sp³-hybridized carbons (Fsp3) is 0.603. The molecular weight excluding hydrogens is 853 g/mol. The van der Waals surface area contributed by atoms with Gasteiger partial charge in [0.25, 0.3) is 0 Å². The normalized spacial score (nSPS) is 13.1. The van der Waals surface area contributed by atoms with Gasteiger partial charge in [-0.15, -0.1) is 0 Å². The summed E-state index contributed by atoms with van der Waals surface area (Å²) >= 11 is 0. The summed E-state index contributed by atoms with van der Waals surface area (Å²) in [4.78, 5) is 38.1. The second-order valence-corrected chi connectivity index (χ2v) is 17.8. The van der Waals surface area contributed by atoms with Crippen molar-refractivity contribution in [3.63, 3.8) is 0 Å². The highest BCUT2D eigenvalue weighted by Crippen LogP contribution is 2.12. The second-order valence-electron chi connectivity index (χ2n) is 17.8. The Labute approximate surface area is 424 Å². The molecular formula is C63H100O6. The number of hydrogen-bond acceptors (Lipinski definition) is 6. The van der Waals surface area contributed by atoms with Gasteiger partial charge in [0.2, 0.25) is 0 Å². The molecule has 0 radical (unpaired) electrons. The van der Waals surface area contributed by atoms with Crippen molar-refractivity contribution < 1.29 is 28.6 Å². The van der Waals surface area contributed by atoms with Gasteiger partial charge in [-0.2, -0.15) is 0 Å². The largest absolute Gasteiger partial charge is 0.462 e. The molecule has 0 aromatic rings. The fourth-order valence-electron chi connectivity index (χ4n) is 7.06. The summed E-state index contributed by atoms with van der Waals surface area (Å²) < 4.78 is 16.7. The minimum atomic E-state index is -0.831. The third kappa shape index (κ3) is 54.4. The SMILES string of the molecule is CC/C=C\C/C=C\C/C=C\C/C=C\C/C=C\C/C=C\CCC(=O)OCC(COC(=O)CCCCCC/C=C\C/C=C\C/C=C\CC)OC(=O)CCCCCCC/C=C\C=C/CCCCCCCCC. The van der Waals surface area contributed by atoms with Gasteiger partial charge >= 0.3 is 17.9 Å². The predicted molar refractivity (Wildman–Crippen MR) is 297 cm³/mol. The lowest BCUT2D eigenvalue weighted by Crippen LogP contribution is -2.30. The summed E-state index contributed by atoms with van der Waals surface area (Å²) in [5.41, 5.74) is 0. The molecule has 0 aromatic heterocycles. The van der Waals surface area contributed by atoms with Gasteiger partial charge in [0, 0.05) is 19.3 Å². The Morgan fingerprint density at radius 1 is 0.319 bits per heavy atom. The van der Waals surface area contributed by atoms with Gasteiger partial charge in [-0.3, -0.25) is 14.4 Å². The number of carbonyl (C=O) groups excluding carboxylic acids is 3. The average molecular weight is 953 g/mol. The van der Waals surface area contributed by atoms with Crippen molar-refractivity contribution >= 4 is 17.9 Å². The number of allylic oxidation sites excluding steroid dienone is 22. The van der Waals surface area contributed by atoms with Crippen molar-refractivity contribution in [3.8, 4) is 0 Å². The number of rotatable bonds is 48. The first-order chi connectivity index (χ1) is 34.0. The Morgan fingerprint density at radius 2 is 0.638 bits per heavy atom. The molecule has 0 amide bonds. The minimum absolute atomic E-state index is 0.124. The molecule has 0 aliphatic carbocycles. The zero-order valence-corrected chi connectivity index (χ0v) is 44.3. The maximum Gasteiger partial charge on any atom is 0.306 e. The average Bonchev–Trinajstić information content (AvgIpc) is 3.35. The zero-order chi connectivity index (χ0) is 50.0. The predicted octanol–water partition coefficient (Wildman–Crippen LogP) is 18.6. The van der Waals surface area contributed by atoms with Crippen molar-refractivity contribution in [2.24, 2.45) is 0 Å². The molecule has 6 heteroatoms. The Balaban J connectivity index is 4.58. The first kappa shape index (κ1) is 64.5. The molecule has 69 heavy (non-hydrogen) atoms. The number of ether oxygens (including phenoxy) is 3. The maximum absolute atomic E-state index is 12.8. The van der Waals surface area contributed by atoms with E-state index in [0.29, 0.717) is 12.8 Å².